The summed E-state index contributed by atoms with van der Waals surface area (Å²) in [6.07, 6.45) is 4.52. The molecule has 0 aliphatic carbocycles. The first-order valence-corrected chi connectivity index (χ1v) is 13.0. The van der Waals surface area contributed by atoms with Gasteiger partial charge in [-0.05, 0) is 31.2 Å². The minimum absolute atomic E-state index is 0.174. The Labute approximate surface area is 228 Å². The van der Waals surface area contributed by atoms with E-state index >= 15 is 4.39 Å². The van der Waals surface area contributed by atoms with Crippen molar-refractivity contribution in [1.29, 1.82) is 0 Å². The number of ether oxygens (including phenoxy) is 2. The first kappa shape index (κ1) is 27.9. The summed E-state index contributed by atoms with van der Waals surface area (Å²) in [7, 11) is 3.15. The van der Waals surface area contributed by atoms with Gasteiger partial charge in [0.25, 0.3) is 0 Å². The van der Waals surface area contributed by atoms with Gasteiger partial charge in [-0.3, -0.25) is 9.79 Å². The minimum Gasteiger partial charge on any atom is -0.496 e. The van der Waals surface area contributed by atoms with Crippen LogP contribution in [0, 0.1) is 5.82 Å². The molecule has 1 fully saturated rings. The van der Waals surface area contributed by atoms with Crippen LogP contribution in [-0.2, 0) is 9.53 Å². The van der Waals surface area contributed by atoms with E-state index in [9.17, 15) is 4.79 Å². The number of aromatic nitrogens is 2. The number of fused-ring (bicyclic) bond motifs is 1. The Morgan fingerprint density at radius 2 is 1.92 bits per heavy atom. The van der Waals surface area contributed by atoms with Gasteiger partial charge in [-0.1, -0.05) is 26.5 Å². The molecule has 0 N–H and O–H groups in total. The van der Waals surface area contributed by atoms with Gasteiger partial charge in [-0.2, -0.15) is 0 Å². The average Bonchev–Trinajstić information content (AvgIpc) is 3.19. The summed E-state index contributed by atoms with van der Waals surface area (Å²) in [6, 6.07) is 8.84. The number of rotatable bonds is 6. The first-order valence-electron chi connectivity index (χ1n) is 13.0. The molecule has 5 rings (SSSR count). The number of nitrogens with zero attached hydrogens (tertiary/aromatic N) is 5. The smallest absolute Gasteiger partial charge is 0.240 e. The van der Waals surface area contributed by atoms with Crippen molar-refractivity contribution in [3.05, 3.63) is 72.1 Å². The highest BCUT2D eigenvalue weighted by atomic mass is 19.1. The number of allylic oxidation sites excluding steroid dienone is 2. The van der Waals surface area contributed by atoms with Gasteiger partial charge in [0, 0.05) is 60.3 Å². The van der Waals surface area contributed by atoms with Gasteiger partial charge in [-0.25, -0.2) is 14.4 Å². The summed E-state index contributed by atoms with van der Waals surface area (Å²) >= 11 is 0. The third-order valence-corrected chi connectivity index (χ3v) is 6.93. The number of methoxy groups -OCH3 is 1. The number of hydrogen-bond acceptors (Lipinski definition) is 7. The van der Waals surface area contributed by atoms with Gasteiger partial charge in [0.15, 0.2) is 0 Å². The first-order chi connectivity index (χ1) is 18.9. The quantitative estimate of drug-likeness (QED) is 0.399. The maximum Gasteiger partial charge on any atom is 0.240 e. The van der Waals surface area contributed by atoms with E-state index in [0.717, 1.165) is 18.8 Å². The average molecular weight is 532 g/mol. The molecule has 0 bridgehead atoms. The lowest BCUT2D eigenvalue weighted by atomic mass is 9.92. The Balaban J connectivity index is 0.00000172. The summed E-state index contributed by atoms with van der Waals surface area (Å²) in [4.78, 5) is 30.4. The minimum atomic E-state index is -0.753. The summed E-state index contributed by atoms with van der Waals surface area (Å²) in [5.74, 6) is -1.17. The Kier molecular flexibility index (Phi) is 8.71. The highest BCUT2D eigenvalue weighted by molar-refractivity contribution is 5.96. The van der Waals surface area contributed by atoms with Gasteiger partial charge >= 0.3 is 0 Å². The van der Waals surface area contributed by atoms with Crippen LogP contribution >= 0.6 is 0 Å². The van der Waals surface area contributed by atoms with Gasteiger partial charge in [0.1, 0.15) is 23.8 Å². The molecule has 1 atom stereocenters. The molecule has 2 aliphatic heterocycles. The molecule has 3 heterocycles. The van der Waals surface area contributed by atoms with Crippen LogP contribution in [0.15, 0.2) is 65.7 Å². The summed E-state index contributed by atoms with van der Waals surface area (Å²) in [6.45, 7) is 12.5. The number of carbonyl (C=O) groups excluding carboxylic acids is 1. The molecular weight excluding hydrogens is 497 g/mol. The number of halogens is 1. The number of amides is 1. The molecule has 0 radical (unpaired) electrons. The second kappa shape index (κ2) is 12.2. The van der Waals surface area contributed by atoms with Crippen LogP contribution in [0.2, 0.25) is 0 Å². The molecule has 1 unspecified atom stereocenters. The number of anilines is 1. The third kappa shape index (κ3) is 5.27. The van der Waals surface area contributed by atoms with Crippen molar-refractivity contribution in [2.24, 2.45) is 4.99 Å². The lowest BCUT2D eigenvalue weighted by Crippen LogP contribution is -2.36. The third-order valence-electron chi connectivity index (χ3n) is 6.93. The Bertz CT molecular complexity index is 1450. The van der Waals surface area contributed by atoms with Crippen molar-refractivity contribution in [3.63, 3.8) is 0 Å². The van der Waals surface area contributed by atoms with E-state index < -0.39 is 11.7 Å². The van der Waals surface area contributed by atoms with Crippen LogP contribution in [0.1, 0.15) is 32.3 Å². The maximum atomic E-state index is 15.5. The number of benzene rings is 2. The van der Waals surface area contributed by atoms with Crippen LogP contribution < -0.4 is 9.64 Å². The standard InChI is InChI=1S/C28H28FN5O3.C2H6/c1-5-8-30-26-17(2)33(3)28(35)25(26)21-14-20(22(29)15-24(21)36-4)27-19-7-6-18(13-23(19)31-16-32-27)34-9-11-37-12-10-34;1-2/h5-8,13-16,25H,1,9-12H2,2-4H3;1-2H3. The van der Waals surface area contributed by atoms with E-state index in [0.29, 0.717) is 46.8 Å². The fraction of sp³-hybridized carbons (Fsp3) is 0.333. The predicted molar refractivity (Wildman–Crippen MR) is 153 cm³/mol. The molecule has 1 aromatic heterocycles. The van der Waals surface area contributed by atoms with Crippen LogP contribution in [0.3, 0.4) is 0 Å². The van der Waals surface area contributed by atoms with E-state index in [2.05, 4.69) is 26.4 Å². The van der Waals surface area contributed by atoms with Crippen molar-refractivity contribution < 1.29 is 18.7 Å². The molecule has 3 aromatic rings. The number of aliphatic imine (C=N–C) groups is 1. The van der Waals surface area contributed by atoms with Crippen molar-refractivity contribution in [1.82, 2.24) is 14.9 Å². The lowest BCUT2D eigenvalue weighted by Gasteiger charge is -2.29. The second-order valence-corrected chi connectivity index (χ2v) is 8.91. The molecular formula is C30H34FN5O3. The highest BCUT2D eigenvalue weighted by Gasteiger charge is 2.39. The molecule has 0 saturated carbocycles. The molecule has 8 nitrogen and oxygen atoms in total. The lowest BCUT2D eigenvalue weighted by molar-refractivity contribution is -0.127. The highest BCUT2D eigenvalue weighted by Crippen LogP contribution is 2.43. The van der Waals surface area contributed by atoms with Gasteiger partial charge in [-0.15, -0.1) is 0 Å². The zero-order valence-electron chi connectivity index (χ0n) is 23.1. The van der Waals surface area contributed by atoms with Crippen LogP contribution in [0.25, 0.3) is 22.2 Å². The molecule has 0 spiro atoms. The van der Waals surface area contributed by atoms with Crippen LogP contribution in [-0.4, -0.2) is 67.5 Å². The van der Waals surface area contributed by atoms with Gasteiger partial charge in [0.2, 0.25) is 5.91 Å². The predicted octanol–water partition coefficient (Wildman–Crippen LogP) is 5.35. The molecule has 1 saturated heterocycles. The Hall–Kier alpha value is -4.11. The number of morpholine rings is 1. The van der Waals surface area contributed by atoms with Gasteiger partial charge < -0.3 is 19.3 Å². The zero-order valence-corrected chi connectivity index (χ0v) is 23.1. The van der Waals surface area contributed by atoms with E-state index in [1.807, 2.05) is 39.0 Å². The zero-order chi connectivity index (χ0) is 28.1. The van der Waals surface area contributed by atoms with Crippen molar-refractivity contribution in [2.75, 3.05) is 45.4 Å². The van der Waals surface area contributed by atoms with E-state index in [1.165, 1.54) is 19.5 Å². The second-order valence-electron chi connectivity index (χ2n) is 8.91. The Morgan fingerprint density at radius 1 is 1.18 bits per heavy atom. The summed E-state index contributed by atoms with van der Waals surface area (Å²) in [5.41, 5.74) is 4.22. The fourth-order valence-electron chi connectivity index (χ4n) is 4.87. The van der Waals surface area contributed by atoms with E-state index in [-0.39, 0.29) is 17.2 Å². The maximum absolute atomic E-state index is 15.5. The number of hydrogen-bond donors (Lipinski definition) is 0. The van der Waals surface area contributed by atoms with Crippen molar-refractivity contribution in [3.8, 4) is 17.0 Å². The largest absolute Gasteiger partial charge is 0.496 e. The molecule has 9 heteroatoms. The number of likely N-dealkylation sites (N-methyl/N-ethyl adjacent to an activating group) is 1. The monoisotopic (exact) mass is 531 g/mol. The molecule has 39 heavy (non-hydrogen) atoms. The van der Waals surface area contributed by atoms with Gasteiger partial charge in [0.05, 0.1) is 37.2 Å². The normalized spacial score (nSPS) is 17.6. The number of carbonyl (C=O) groups is 1. The summed E-state index contributed by atoms with van der Waals surface area (Å²) < 4.78 is 26.5. The van der Waals surface area contributed by atoms with Crippen LogP contribution in [0.5, 0.6) is 5.75 Å². The topological polar surface area (TPSA) is 80.2 Å². The summed E-state index contributed by atoms with van der Waals surface area (Å²) in [5, 5.41) is 0.709. The van der Waals surface area contributed by atoms with Crippen molar-refractivity contribution >= 4 is 28.7 Å². The molecule has 1 amide bonds. The van der Waals surface area contributed by atoms with E-state index in [1.54, 1.807) is 30.3 Å². The van der Waals surface area contributed by atoms with Crippen LogP contribution in [0.4, 0.5) is 10.1 Å². The van der Waals surface area contributed by atoms with Crippen molar-refractivity contribution in [2.45, 2.75) is 26.7 Å². The SMILES string of the molecule is C=CC=NC1=C(C)N(C)C(=O)C1c1cc(-c2ncnc3cc(N4CCOCC4)ccc23)c(F)cc1OC.CC. The van der Waals surface area contributed by atoms with E-state index in [4.69, 9.17) is 9.47 Å². The molecule has 2 aliphatic rings. The fourth-order valence-corrected chi connectivity index (χ4v) is 4.87. The molecule has 204 valence electrons. The molecule has 2 aromatic carbocycles. The Morgan fingerprint density at radius 3 is 2.62 bits per heavy atom.